The van der Waals surface area contributed by atoms with Crippen LogP contribution in [0, 0.1) is 0 Å². The van der Waals surface area contributed by atoms with E-state index in [1.165, 1.54) is 18.4 Å². The Bertz CT molecular complexity index is 749. The molecule has 0 saturated heterocycles. The van der Waals surface area contributed by atoms with E-state index in [0.29, 0.717) is 12.2 Å². The van der Waals surface area contributed by atoms with Crippen molar-refractivity contribution in [1.82, 2.24) is 9.13 Å². The van der Waals surface area contributed by atoms with Crippen LogP contribution in [0.2, 0.25) is 0 Å². The minimum atomic E-state index is -1.45. The molecule has 0 saturated carbocycles. The summed E-state index contributed by atoms with van der Waals surface area (Å²) >= 11 is 4.28. The fraction of sp³-hybridized carbons (Fsp3) is 0.375. The van der Waals surface area contributed by atoms with Crippen molar-refractivity contribution < 1.29 is 15.0 Å². The maximum Gasteiger partial charge on any atom is 0.332 e. The second-order valence-electron chi connectivity index (χ2n) is 5.90. The number of rotatable bonds is 6. The molecule has 1 aromatic carbocycles. The lowest BCUT2D eigenvalue weighted by atomic mass is 10.1. The van der Waals surface area contributed by atoms with Gasteiger partial charge in [-0.15, -0.1) is 0 Å². The molecule has 1 aromatic heterocycles. The van der Waals surface area contributed by atoms with E-state index < -0.39 is 17.2 Å². The average molecular weight is 336 g/mol. The van der Waals surface area contributed by atoms with Crippen LogP contribution in [0.3, 0.4) is 0 Å². The van der Waals surface area contributed by atoms with Gasteiger partial charge < -0.3 is 10.2 Å². The molecule has 0 radical (unpaired) electrons. The van der Waals surface area contributed by atoms with Crippen LogP contribution in [0.25, 0.3) is 0 Å². The third kappa shape index (κ3) is 3.29. The molecule has 0 fully saturated rings. The maximum absolute atomic E-state index is 12.6. The van der Waals surface area contributed by atoms with Crippen molar-refractivity contribution in [2.75, 3.05) is 5.75 Å². The van der Waals surface area contributed by atoms with Crippen molar-refractivity contribution in [3.63, 3.8) is 0 Å². The van der Waals surface area contributed by atoms with E-state index in [1.807, 2.05) is 30.3 Å². The fourth-order valence-corrected chi connectivity index (χ4v) is 2.71. The summed E-state index contributed by atoms with van der Waals surface area (Å²) in [6.45, 7) is 2.82. The number of carbonyl (C=O) groups is 1. The molecular formula is C16H20N2O4S. The number of hydrogen-bond acceptors (Lipinski definition) is 4. The van der Waals surface area contributed by atoms with Gasteiger partial charge in [0.2, 0.25) is 5.88 Å². The average Bonchev–Trinajstić information content (AvgIpc) is 2.81. The van der Waals surface area contributed by atoms with E-state index >= 15 is 0 Å². The Balaban J connectivity index is 2.44. The lowest BCUT2D eigenvalue weighted by Gasteiger charge is -2.20. The first kappa shape index (κ1) is 17.2. The quantitative estimate of drug-likeness (QED) is 0.703. The van der Waals surface area contributed by atoms with Crippen LogP contribution in [0.5, 0.6) is 5.88 Å². The minimum absolute atomic E-state index is 0.265. The van der Waals surface area contributed by atoms with Crippen LogP contribution >= 0.6 is 12.6 Å². The standard InChI is InChI=1S/C16H20N2O4S/c1-16(2,14(20)21)17-9-13(19)18(15(17)22)12(10-23)8-11-6-4-3-5-7-11/h3-7,9,12,19,23H,8,10H2,1-2H3,(H,20,21). The van der Waals surface area contributed by atoms with Gasteiger partial charge in [-0.3, -0.25) is 9.13 Å². The normalized spacial score (nSPS) is 13.0. The first-order valence-corrected chi connectivity index (χ1v) is 7.83. The van der Waals surface area contributed by atoms with Gasteiger partial charge in [-0.25, -0.2) is 9.59 Å². The molecule has 0 spiro atoms. The van der Waals surface area contributed by atoms with Crippen LogP contribution in [-0.2, 0) is 16.8 Å². The van der Waals surface area contributed by atoms with E-state index in [4.69, 9.17) is 0 Å². The highest BCUT2D eigenvalue weighted by Crippen LogP contribution is 2.23. The number of nitrogens with zero attached hydrogens (tertiary/aromatic N) is 2. The summed E-state index contributed by atoms with van der Waals surface area (Å²) in [5.41, 5.74) is -1.01. The molecule has 1 heterocycles. The number of imidazole rings is 1. The highest BCUT2D eigenvalue weighted by atomic mass is 32.1. The van der Waals surface area contributed by atoms with Crippen LogP contribution in [-0.4, -0.2) is 31.1 Å². The molecule has 6 nitrogen and oxygen atoms in total. The van der Waals surface area contributed by atoms with Gasteiger partial charge in [-0.1, -0.05) is 30.3 Å². The number of aromatic nitrogens is 2. The number of carboxylic acids is 1. The van der Waals surface area contributed by atoms with E-state index in [9.17, 15) is 19.8 Å². The topological polar surface area (TPSA) is 84.5 Å². The van der Waals surface area contributed by atoms with Gasteiger partial charge >= 0.3 is 11.7 Å². The highest BCUT2D eigenvalue weighted by molar-refractivity contribution is 7.80. The van der Waals surface area contributed by atoms with E-state index in [2.05, 4.69) is 12.6 Å². The van der Waals surface area contributed by atoms with E-state index in [0.717, 1.165) is 16.3 Å². The molecule has 0 aliphatic heterocycles. The zero-order valence-corrected chi connectivity index (χ0v) is 13.9. The van der Waals surface area contributed by atoms with E-state index in [-0.39, 0.29) is 11.9 Å². The number of aromatic hydroxyl groups is 1. The van der Waals surface area contributed by atoms with Crippen LogP contribution < -0.4 is 5.69 Å². The summed E-state index contributed by atoms with van der Waals surface area (Å²) in [6.07, 6.45) is 1.67. The smallest absolute Gasteiger partial charge is 0.332 e. The Kier molecular flexibility index (Phi) is 4.89. The molecule has 124 valence electrons. The maximum atomic E-state index is 12.6. The molecule has 23 heavy (non-hydrogen) atoms. The number of carboxylic acid groups (broad SMARTS) is 1. The molecule has 2 aromatic rings. The summed E-state index contributed by atoms with van der Waals surface area (Å²) in [4.78, 5) is 24.0. The predicted molar refractivity (Wildman–Crippen MR) is 90.4 cm³/mol. The van der Waals surface area contributed by atoms with Gasteiger partial charge in [0.05, 0.1) is 12.2 Å². The molecule has 0 aliphatic carbocycles. The molecule has 0 amide bonds. The Morgan fingerprint density at radius 2 is 1.91 bits per heavy atom. The second kappa shape index (κ2) is 6.54. The third-order valence-electron chi connectivity index (χ3n) is 3.92. The van der Waals surface area contributed by atoms with Crippen LogP contribution in [0.1, 0.15) is 25.5 Å². The van der Waals surface area contributed by atoms with Crippen molar-refractivity contribution in [3.8, 4) is 5.88 Å². The van der Waals surface area contributed by atoms with Crippen LogP contribution in [0.4, 0.5) is 0 Å². The summed E-state index contributed by atoms with van der Waals surface area (Å²) in [7, 11) is 0. The number of aliphatic carboxylic acids is 1. The zero-order valence-electron chi connectivity index (χ0n) is 13.0. The zero-order chi connectivity index (χ0) is 17.2. The van der Waals surface area contributed by atoms with Gasteiger partial charge in [-0.2, -0.15) is 12.6 Å². The molecule has 7 heteroatoms. The van der Waals surface area contributed by atoms with Crippen molar-refractivity contribution in [2.45, 2.75) is 31.8 Å². The van der Waals surface area contributed by atoms with Crippen LogP contribution in [0.15, 0.2) is 41.3 Å². The first-order chi connectivity index (χ1) is 10.8. The Morgan fingerprint density at radius 3 is 2.43 bits per heavy atom. The van der Waals surface area contributed by atoms with Gasteiger partial charge in [0.1, 0.15) is 5.54 Å². The molecule has 0 aliphatic rings. The second-order valence-corrected chi connectivity index (χ2v) is 6.27. The SMILES string of the molecule is CC(C)(C(=O)O)n1cc(O)n(C(CS)Cc2ccccc2)c1=O. The molecule has 2 rings (SSSR count). The predicted octanol–water partition coefficient (Wildman–Crippen LogP) is 1.89. The monoisotopic (exact) mass is 336 g/mol. The van der Waals surface area contributed by atoms with Crippen molar-refractivity contribution in [2.24, 2.45) is 0 Å². The van der Waals surface area contributed by atoms with Gasteiger partial charge in [0.15, 0.2) is 0 Å². The Morgan fingerprint density at radius 1 is 1.30 bits per heavy atom. The number of hydrogen-bond donors (Lipinski definition) is 3. The number of benzene rings is 1. The number of thiol groups is 1. The molecule has 1 unspecified atom stereocenters. The summed E-state index contributed by atoms with van der Waals surface area (Å²) in [6, 6.07) is 9.17. The summed E-state index contributed by atoms with van der Waals surface area (Å²) in [5, 5.41) is 19.4. The van der Waals surface area contributed by atoms with Gasteiger partial charge in [-0.05, 0) is 25.8 Å². The van der Waals surface area contributed by atoms with Crippen molar-refractivity contribution in [1.29, 1.82) is 0 Å². The highest BCUT2D eigenvalue weighted by Gasteiger charge is 2.33. The van der Waals surface area contributed by atoms with Gasteiger partial charge in [0.25, 0.3) is 0 Å². The molecule has 2 N–H and O–H groups in total. The minimum Gasteiger partial charge on any atom is -0.493 e. The Hall–Kier alpha value is -2.15. The van der Waals surface area contributed by atoms with E-state index in [1.54, 1.807) is 0 Å². The largest absolute Gasteiger partial charge is 0.493 e. The summed E-state index contributed by atoms with van der Waals surface area (Å²) in [5.74, 6) is -1.08. The molecule has 0 bridgehead atoms. The van der Waals surface area contributed by atoms with Crippen molar-refractivity contribution >= 4 is 18.6 Å². The molecular weight excluding hydrogens is 316 g/mol. The first-order valence-electron chi connectivity index (χ1n) is 7.20. The fourth-order valence-electron chi connectivity index (χ4n) is 2.42. The Labute approximate surface area is 139 Å². The third-order valence-corrected chi connectivity index (χ3v) is 4.34. The summed E-state index contributed by atoms with van der Waals surface area (Å²) < 4.78 is 2.23. The molecule has 1 atom stereocenters. The van der Waals surface area contributed by atoms with Gasteiger partial charge in [0, 0.05) is 5.75 Å². The van der Waals surface area contributed by atoms with Crippen molar-refractivity contribution in [3.05, 3.63) is 52.6 Å². The lowest BCUT2D eigenvalue weighted by Crippen LogP contribution is -2.43. The lowest BCUT2D eigenvalue weighted by molar-refractivity contribution is -0.145.